The molecule has 39 heavy (non-hydrogen) atoms. The number of morpholine rings is 1. The van der Waals surface area contributed by atoms with E-state index in [-0.39, 0.29) is 18.4 Å². The Labute approximate surface area is 229 Å². The highest BCUT2D eigenvalue weighted by molar-refractivity contribution is 6.07. The van der Waals surface area contributed by atoms with Gasteiger partial charge in [-0.15, -0.1) is 0 Å². The molecular weight excluding hydrogens is 494 g/mol. The number of carbonyl (C=O) groups excluding carboxylic acids is 2. The Morgan fingerprint density at radius 3 is 2.41 bits per heavy atom. The molecule has 0 bridgehead atoms. The van der Waals surface area contributed by atoms with Gasteiger partial charge in [0, 0.05) is 68.5 Å². The van der Waals surface area contributed by atoms with Gasteiger partial charge in [-0.2, -0.15) is 0 Å². The van der Waals surface area contributed by atoms with Gasteiger partial charge in [-0.05, 0) is 66.6 Å². The lowest BCUT2D eigenvalue weighted by molar-refractivity contribution is 0.0358. The van der Waals surface area contributed by atoms with Gasteiger partial charge >= 0.3 is 0 Å². The molecule has 0 aromatic heterocycles. The first-order valence-corrected chi connectivity index (χ1v) is 13.2. The van der Waals surface area contributed by atoms with Crippen molar-refractivity contribution in [2.24, 2.45) is 5.73 Å². The Hall–Kier alpha value is -3.92. The number of amides is 2. The predicted octanol–water partition coefficient (Wildman–Crippen LogP) is 3.82. The molecule has 0 spiro atoms. The summed E-state index contributed by atoms with van der Waals surface area (Å²) in [5, 5.41) is 5.84. The van der Waals surface area contributed by atoms with Crippen LogP contribution in [0.15, 0.2) is 66.7 Å². The predicted molar refractivity (Wildman–Crippen MR) is 155 cm³/mol. The second-order valence-electron chi connectivity index (χ2n) is 9.61. The first-order valence-electron chi connectivity index (χ1n) is 13.2. The third-order valence-corrected chi connectivity index (χ3v) is 6.57. The summed E-state index contributed by atoms with van der Waals surface area (Å²) in [6.45, 7) is 5.36. The van der Waals surface area contributed by atoms with Crippen LogP contribution in [-0.4, -0.2) is 70.3 Å². The number of anilines is 3. The highest BCUT2D eigenvalue weighted by atomic mass is 16.5. The second-order valence-corrected chi connectivity index (χ2v) is 9.61. The van der Waals surface area contributed by atoms with Crippen molar-refractivity contribution in [3.05, 3.63) is 83.4 Å². The maximum atomic E-state index is 13.0. The van der Waals surface area contributed by atoms with Gasteiger partial charge in [-0.3, -0.25) is 14.5 Å². The molecule has 1 fully saturated rings. The van der Waals surface area contributed by atoms with Crippen molar-refractivity contribution in [3.63, 3.8) is 0 Å². The van der Waals surface area contributed by atoms with Gasteiger partial charge in [0.15, 0.2) is 0 Å². The van der Waals surface area contributed by atoms with Crippen LogP contribution in [0.1, 0.15) is 32.7 Å². The molecule has 9 nitrogen and oxygen atoms in total. The molecule has 0 unspecified atom stereocenters. The van der Waals surface area contributed by atoms with E-state index in [0.717, 1.165) is 56.3 Å². The fourth-order valence-corrected chi connectivity index (χ4v) is 4.28. The molecule has 0 radical (unpaired) electrons. The van der Waals surface area contributed by atoms with Crippen LogP contribution in [0, 0.1) is 0 Å². The fourth-order valence-electron chi connectivity index (χ4n) is 4.28. The molecule has 1 heterocycles. The minimum absolute atomic E-state index is 0.239. The molecule has 9 heteroatoms. The van der Waals surface area contributed by atoms with E-state index in [9.17, 15) is 9.59 Å². The van der Waals surface area contributed by atoms with Gasteiger partial charge in [0.2, 0.25) is 0 Å². The van der Waals surface area contributed by atoms with Crippen molar-refractivity contribution in [1.29, 1.82) is 0 Å². The van der Waals surface area contributed by atoms with Crippen molar-refractivity contribution >= 4 is 28.9 Å². The van der Waals surface area contributed by atoms with E-state index in [4.69, 9.17) is 15.2 Å². The largest absolute Gasteiger partial charge is 0.494 e. The van der Waals surface area contributed by atoms with Gasteiger partial charge in [-0.25, -0.2) is 0 Å². The minimum Gasteiger partial charge on any atom is -0.494 e. The summed E-state index contributed by atoms with van der Waals surface area (Å²) in [6.07, 6.45) is 0.929. The average Bonchev–Trinajstić information content (AvgIpc) is 2.96. The first-order chi connectivity index (χ1) is 18.9. The van der Waals surface area contributed by atoms with Gasteiger partial charge < -0.3 is 30.7 Å². The summed E-state index contributed by atoms with van der Waals surface area (Å²) >= 11 is 0. The fraction of sp³-hybridized carbons (Fsp3) is 0.333. The van der Waals surface area contributed by atoms with Crippen molar-refractivity contribution < 1.29 is 19.1 Å². The second kappa shape index (κ2) is 13.7. The zero-order valence-corrected chi connectivity index (χ0v) is 22.6. The van der Waals surface area contributed by atoms with E-state index < -0.39 is 0 Å². The third-order valence-electron chi connectivity index (χ3n) is 6.57. The van der Waals surface area contributed by atoms with E-state index >= 15 is 0 Å². The standard InChI is InChI=1S/C30H37N5O4/c1-34(2)26-6-3-5-23(19-26)30(37)32-25-10-7-24(21-31)28(20-25)33-29(36)22-8-11-27(12-9-22)39-16-4-13-35-14-17-38-18-15-35/h3,5-12,19-20H,4,13-18,21,31H2,1-2H3,(H,32,37)(H,33,36). The molecule has 1 saturated heterocycles. The molecule has 4 rings (SSSR count). The number of nitrogens with two attached hydrogens (primary N) is 1. The number of benzene rings is 3. The minimum atomic E-state index is -0.272. The number of ether oxygens (including phenoxy) is 2. The summed E-state index contributed by atoms with van der Waals surface area (Å²) in [4.78, 5) is 30.1. The monoisotopic (exact) mass is 531 g/mol. The lowest BCUT2D eigenvalue weighted by Gasteiger charge is -2.26. The molecule has 206 valence electrons. The van der Waals surface area contributed by atoms with Crippen molar-refractivity contribution in [3.8, 4) is 5.75 Å². The van der Waals surface area contributed by atoms with Crippen molar-refractivity contribution in [2.45, 2.75) is 13.0 Å². The van der Waals surface area contributed by atoms with Crippen molar-refractivity contribution in [2.75, 3.05) is 69.1 Å². The van der Waals surface area contributed by atoms with Gasteiger partial charge in [0.1, 0.15) is 5.75 Å². The quantitative estimate of drug-likeness (QED) is 0.323. The van der Waals surface area contributed by atoms with Crippen molar-refractivity contribution in [1.82, 2.24) is 4.90 Å². The van der Waals surface area contributed by atoms with Gasteiger partial charge in [-0.1, -0.05) is 12.1 Å². The summed E-state index contributed by atoms with van der Waals surface area (Å²) in [5.41, 5.74) is 9.74. The van der Waals surface area contributed by atoms with Crippen LogP contribution in [0.25, 0.3) is 0 Å². The number of nitrogens with zero attached hydrogens (tertiary/aromatic N) is 2. The maximum Gasteiger partial charge on any atom is 0.255 e. The number of hydrogen-bond donors (Lipinski definition) is 3. The highest BCUT2D eigenvalue weighted by Crippen LogP contribution is 2.23. The zero-order valence-electron chi connectivity index (χ0n) is 22.6. The Morgan fingerprint density at radius 1 is 0.949 bits per heavy atom. The van der Waals surface area contributed by atoms with E-state index in [1.54, 1.807) is 48.5 Å². The lowest BCUT2D eigenvalue weighted by atomic mass is 10.1. The molecular formula is C30H37N5O4. The van der Waals surface area contributed by atoms with Crippen LogP contribution in [0.2, 0.25) is 0 Å². The lowest BCUT2D eigenvalue weighted by Crippen LogP contribution is -2.37. The Kier molecular flexibility index (Phi) is 9.91. The maximum absolute atomic E-state index is 13.0. The molecule has 0 aliphatic carbocycles. The van der Waals surface area contributed by atoms with E-state index in [0.29, 0.717) is 29.1 Å². The van der Waals surface area contributed by atoms with Crippen LogP contribution < -0.4 is 26.0 Å². The molecule has 1 aliphatic heterocycles. The van der Waals surface area contributed by atoms with Crippen LogP contribution >= 0.6 is 0 Å². The topological polar surface area (TPSA) is 109 Å². The van der Waals surface area contributed by atoms with Gasteiger partial charge in [0.25, 0.3) is 11.8 Å². The number of hydrogen-bond acceptors (Lipinski definition) is 7. The normalized spacial score (nSPS) is 13.5. The summed E-state index contributed by atoms with van der Waals surface area (Å²) in [7, 11) is 3.85. The highest BCUT2D eigenvalue weighted by Gasteiger charge is 2.13. The molecule has 4 N–H and O–H groups in total. The van der Waals surface area contributed by atoms with Gasteiger partial charge in [0.05, 0.1) is 19.8 Å². The van der Waals surface area contributed by atoms with Crippen LogP contribution in [0.4, 0.5) is 17.1 Å². The Morgan fingerprint density at radius 2 is 1.69 bits per heavy atom. The molecule has 0 saturated carbocycles. The third kappa shape index (κ3) is 8.03. The molecule has 3 aromatic carbocycles. The smallest absolute Gasteiger partial charge is 0.255 e. The van der Waals surface area contributed by atoms with E-state index in [2.05, 4.69) is 15.5 Å². The summed E-state index contributed by atoms with van der Waals surface area (Å²) in [6, 6.07) is 19.7. The SMILES string of the molecule is CN(C)c1cccc(C(=O)Nc2ccc(CN)c(NC(=O)c3ccc(OCCCN4CCOCC4)cc3)c2)c1. The number of nitrogens with one attached hydrogen (secondary N) is 2. The van der Waals surface area contributed by atoms with E-state index in [1.807, 2.05) is 37.2 Å². The zero-order chi connectivity index (χ0) is 27.6. The first kappa shape index (κ1) is 28.1. The summed E-state index contributed by atoms with van der Waals surface area (Å²) < 4.78 is 11.2. The van der Waals surface area contributed by atoms with Crippen LogP contribution in [-0.2, 0) is 11.3 Å². The average molecular weight is 532 g/mol. The molecule has 0 atom stereocenters. The molecule has 3 aromatic rings. The molecule has 1 aliphatic rings. The number of rotatable bonds is 11. The Balaban J connectivity index is 1.34. The number of carbonyl (C=O) groups is 2. The summed E-state index contributed by atoms with van der Waals surface area (Å²) in [5.74, 6) is 0.210. The van der Waals surface area contributed by atoms with Crippen LogP contribution in [0.5, 0.6) is 5.75 Å². The van der Waals surface area contributed by atoms with Crippen LogP contribution in [0.3, 0.4) is 0 Å². The molecule has 2 amide bonds. The Bertz CT molecular complexity index is 1260. The van der Waals surface area contributed by atoms with E-state index in [1.165, 1.54) is 0 Å².